The molecule has 1 heterocycles. The van der Waals surface area contributed by atoms with Gasteiger partial charge < -0.3 is 11.1 Å². The maximum absolute atomic E-state index is 12.2. The molecule has 1 amide bonds. The van der Waals surface area contributed by atoms with Crippen LogP contribution in [-0.4, -0.2) is 31.7 Å². The lowest BCUT2D eigenvalue weighted by Crippen LogP contribution is -2.48. The lowest BCUT2D eigenvalue weighted by atomic mass is 9.96. The first kappa shape index (κ1) is 15.1. The van der Waals surface area contributed by atoms with Crippen LogP contribution in [0.5, 0.6) is 0 Å². The second-order valence-corrected chi connectivity index (χ2v) is 5.31. The van der Waals surface area contributed by atoms with Crippen molar-refractivity contribution in [1.29, 1.82) is 0 Å². The van der Waals surface area contributed by atoms with Gasteiger partial charge in [-0.05, 0) is 48.9 Å². The number of carbonyl (C=O) groups excluding carboxylic acids is 1. The topological polar surface area (TPSA) is 98.7 Å². The number of benzene rings is 1. The minimum absolute atomic E-state index is 0.199. The molecule has 0 spiro atoms. The van der Waals surface area contributed by atoms with Crippen molar-refractivity contribution in [2.24, 2.45) is 5.73 Å². The van der Waals surface area contributed by atoms with Crippen molar-refractivity contribution in [3.63, 3.8) is 0 Å². The number of amides is 1. The van der Waals surface area contributed by atoms with Gasteiger partial charge in [0.2, 0.25) is 5.91 Å². The average Bonchev–Trinajstić information content (AvgIpc) is 2.85. The molecule has 3 N–H and O–H groups in total. The van der Waals surface area contributed by atoms with E-state index >= 15 is 0 Å². The number of carbonyl (C=O) groups is 1. The number of anilines is 1. The van der Waals surface area contributed by atoms with Crippen molar-refractivity contribution < 1.29 is 4.79 Å². The third kappa shape index (κ3) is 3.43. The Balaban J connectivity index is 2.19. The molecule has 0 aliphatic rings. The van der Waals surface area contributed by atoms with Gasteiger partial charge >= 0.3 is 0 Å². The van der Waals surface area contributed by atoms with E-state index in [-0.39, 0.29) is 5.91 Å². The molecule has 0 aliphatic carbocycles. The van der Waals surface area contributed by atoms with E-state index in [0.29, 0.717) is 17.9 Å². The van der Waals surface area contributed by atoms with Crippen molar-refractivity contribution in [2.75, 3.05) is 5.32 Å². The van der Waals surface area contributed by atoms with E-state index in [2.05, 4.69) is 20.8 Å². The van der Waals surface area contributed by atoms with Gasteiger partial charge in [0.15, 0.2) is 5.82 Å². The van der Waals surface area contributed by atoms with E-state index in [9.17, 15) is 4.79 Å². The lowest BCUT2D eigenvalue weighted by Gasteiger charge is -2.23. The summed E-state index contributed by atoms with van der Waals surface area (Å²) in [5.41, 5.74) is 6.60. The fourth-order valence-corrected chi connectivity index (χ4v) is 2.09. The van der Waals surface area contributed by atoms with Gasteiger partial charge in [-0.1, -0.05) is 19.4 Å². The Labute approximate surface area is 123 Å². The van der Waals surface area contributed by atoms with Crippen molar-refractivity contribution in [1.82, 2.24) is 20.2 Å². The van der Waals surface area contributed by atoms with Crippen LogP contribution in [-0.2, 0) is 4.79 Å². The number of aromatic nitrogens is 4. The smallest absolute Gasteiger partial charge is 0.244 e. The maximum atomic E-state index is 12.2. The molecule has 2 aromatic rings. The number of tetrazole rings is 1. The Kier molecular flexibility index (Phi) is 4.32. The van der Waals surface area contributed by atoms with E-state index in [1.807, 2.05) is 38.1 Å². The van der Waals surface area contributed by atoms with Crippen molar-refractivity contribution in [3.05, 3.63) is 30.1 Å². The van der Waals surface area contributed by atoms with Gasteiger partial charge in [0, 0.05) is 5.69 Å². The van der Waals surface area contributed by atoms with Crippen LogP contribution in [0, 0.1) is 6.92 Å². The van der Waals surface area contributed by atoms with Crippen molar-refractivity contribution in [3.8, 4) is 5.69 Å². The first-order valence-electron chi connectivity index (χ1n) is 6.90. The predicted molar refractivity (Wildman–Crippen MR) is 80.0 cm³/mol. The Morgan fingerprint density at radius 1 is 1.48 bits per heavy atom. The van der Waals surface area contributed by atoms with E-state index in [1.165, 1.54) is 0 Å². The summed E-state index contributed by atoms with van der Waals surface area (Å²) in [5, 5.41) is 14.2. The van der Waals surface area contributed by atoms with Gasteiger partial charge in [-0.3, -0.25) is 4.79 Å². The van der Waals surface area contributed by atoms with E-state index < -0.39 is 5.54 Å². The predicted octanol–water partition coefficient (Wildman–Crippen LogP) is 1.43. The zero-order valence-electron chi connectivity index (χ0n) is 12.5. The molecule has 0 fully saturated rings. The molecular formula is C14H20N6O. The second-order valence-electron chi connectivity index (χ2n) is 5.31. The van der Waals surface area contributed by atoms with Crippen LogP contribution in [0.3, 0.4) is 0 Å². The maximum Gasteiger partial charge on any atom is 0.244 e. The summed E-state index contributed by atoms with van der Waals surface area (Å²) in [6.07, 6.45) is 1.48. The summed E-state index contributed by atoms with van der Waals surface area (Å²) in [4.78, 5) is 12.2. The number of rotatable bonds is 5. The zero-order chi connectivity index (χ0) is 15.5. The summed E-state index contributed by atoms with van der Waals surface area (Å²) in [7, 11) is 0. The third-order valence-electron chi connectivity index (χ3n) is 3.26. The standard InChI is InChI=1S/C14H20N6O/c1-4-8-14(3,15)13(21)16-11-6-5-7-12(9-11)20-10(2)17-18-19-20/h5-7,9H,4,8,15H2,1-3H3,(H,16,21). The van der Waals surface area contributed by atoms with Gasteiger partial charge in [0.25, 0.3) is 0 Å². The Morgan fingerprint density at radius 2 is 2.24 bits per heavy atom. The second kappa shape index (κ2) is 6.01. The molecule has 112 valence electrons. The highest BCUT2D eigenvalue weighted by Gasteiger charge is 2.27. The van der Waals surface area contributed by atoms with Crippen LogP contribution >= 0.6 is 0 Å². The number of nitrogens with one attached hydrogen (secondary N) is 1. The molecule has 0 aliphatic heterocycles. The summed E-state index contributed by atoms with van der Waals surface area (Å²) in [6, 6.07) is 7.32. The van der Waals surface area contributed by atoms with Gasteiger partial charge in [-0.15, -0.1) is 5.10 Å². The number of hydrogen-bond acceptors (Lipinski definition) is 5. The normalized spacial score (nSPS) is 13.7. The molecule has 1 aromatic carbocycles. The molecule has 1 atom stereocenters. The summed E-state index contributed by atoms with van der Waals surface area (Å²) >= 11 is 0. The quantitative estimate of drug-likeness (QED) is 0.867. The highest BCUT2D eigenvalue weighted by Crippen LogP contribution is 2.17. The largest absolute Gasteiger partial charge is 0.324 e. The van der Waals surface area contributed by atoms with Crippen LogP contribution < -0.4 is 11.1 Å². The summed E-state index contributed by atoms with van der Waals surface area (Å²) in [6.45, 7) is 5.55. The van der Waals surface area contributed by atoms with Crippen LogP contribution in [0.2, 0.25) is 0 Å². The van der Waals surface area contributed by atoms with E-state index in [0.717, 1.165) is 12.1 Å². The molecule has 0 bridgehead atoms. The van der Waals surface area contributed by atoms with Crippen molar-refractivity contribution in [2.45, 2.75) is 39.2 Å². The Morgan fingerprint density at radius 3 is 2.86 bits per heavy atom. The van der Waals surface area contributed by atoms with Crippen LogP contribution in [0.15, 0.2) is 24.3 Å². The SMILES string of the molecule is CCCC(C)(N)C(=O)Nc1cccc(-n2nnnc2C)c1. The number of nitrogens with two attached hydrogens (primary N) is 1. The lowest BCUT2D eigenvalue weighted by molar-refractivity contribution is -0.120. The molecule has 21 heavy (non-hydrogen) atoms. The molecule has 2 rings (SSSR count). The molecule has 1 unspecified atom stereocenters. The van der Waals surface area contributed by atoms with Gasteiger partial charge in [-0.2, -0.15) is 4.68 Å². The molecule has 0 saturated heterocycles. The number of nitrogens with zero attached hydrogens (tertiary/aromatic N) is 4. The molecule has 0 radical (unpaired) electrons. The van der Waals surface area contributed by atoms with E-state index in [4.69, 9.17) is 5.73 Å². The van der Waals surface area contributed by atoms with Crippen molar-refractivity contribution >= 4 is 11.6 Å². The molecule has 0 saturated carbocycles. The monoisotopic (exact) mass is 288 g/mol. The third-order valence-corrected chi connectivity index (χ3v) is 3.26. The highest BCUT2D eigenvalue weighted by molar-refractivity contribution is 5.97. The minimum Gasteiger partial charge on any atom is -0.324 e. The highest BCUT2D eigenvalue weighted by atomic mass is 16.2. The first-order valence-corrected chi connectivity index (χ1v) is 6.90. The fraction of sp³-hybridized carbons (Fsp3) is 0.429. The molecular weight excluding hydrogens is 268 g/mol. The average molecular weight is 288 g/mol. The van der Waals surface area contributed by atoms with Gasteiger partial charge in [-0.25, -0.2) is 0 Å². The summed E-state index contributed by atoms with van der Waals surface area (Å²) < 4.78 is 1.60. The summed E-state index contributed by atoms with van der Waals surface area (Å²) in [5.74, 6) is 0.475. The fourth-order valence-electron chi connectivity index (χ4n) is 2.09. The van der Waals surface area contributed by atoms with Crippen LogP contribution in [0.1, 0.15) is 32.5 Å². The van der Waals surface area contributed by atoms with Crippen LogP contribution in [0.25, 0.3) is 5.69 Å². The molecule has 7 heteroatoms. The first-order chi connectivity index (χ1) is 9.94. The molecule has 1 aromatic heterocycles. The van der Waals surface area contributed by atoms with Gasteiger partial charge in [0.1, 0.15) is 0 Å². The minimum atomic E-state index is -0.879. The number of hydrogen-bond donors (Lipinski definition) is 2. The Hall–Kier alpha value is -2.28. The Bertz CT molecular complexity index is 634. The van der Waals surface area contributed by atoms with Crippen LogP contribution in [0.4, 0.5) is 5.69 Å². The van der Waals surface area contributed by atoms with Gasteiger partial charge in [0.05, 0.1) is 11.2 Å². The number of aryl methyl sites for hydroxylation is 1. The zero-order valence-corrected chi connectivity index (χ0v) is 12.5. The van der Waals surface area contributed by atoms with E-state index in [1.54, 1.807) is 11.6 Å². The molecule has 7 nitrogen and oxygen atoms in total.